The number of carbonyl (C=O) groups is 1. The van der Waals surface area contributed by atoms with Crippen LogP contribution in [0.25, 0.3) is 0 Å². The van der Waals surface area contributed by atoms with Crippen molar-refractivity contribution in [3.63, 3.8) is 0 Å². The minimum absolute atomic E-state index is 0. The first kappa shape index (κ1) is 27.6. The third kappa shape index (κ3) is 6.08. The van der Waals surface area contributed by atoms with Crippen LogP contribution in [0.2, 0.25) is 0 Å². The summed E-state index contributed by atoms with van der Waals surface area (Å²) in [5.74, 6) is -0.247. The van der Waals surface area contributed by atoms with E-state index in [1.807, 2.05) is 25.6 Å². The molecular weight excluding hydrogens is 453 g/mol. The molecule has 1 aliphatic rings. The Morgan fingerprint density at radius 3 is 2.06 bits per heavy atom. The lowest BCUT2D eigenvalue weighted by molar-refractivity contribution is -0.927. The van der Waals surface area contributed by atoms with Crippen LogP contribution in [0.4, 0.5) is 11.4 Å². The highest BCUT2D eigenvalue weighted by atomic mass is 35.5. The summed E-state index contributed by atoms with van der Waals surface area (Å²) in [5, 5.41) is 0. The van der Waals surface area contributed by atoms with Crippen LogP contribution >= 0.6 is 24.2 Å². The van der Waals surface area contributed by atoms with Gasteiger partial charge < -0.3 is 27.8 Å². The number of hydrogen-bond acceptors (Lipinski definition) is 5. The fraction of sp³-hybridized carbons (Fsp3) is 0.435. The Labute approximate surface area is 202 Å². The summed E-state index contributed by atoms with van der Waals surface area (Å²) in [6.07, 6.45) is 0. The second-order valence-electron chi connectivity index (χ2n) is 8.92. The van der Waals surface area contributed by atoms with Gasteiger partial charge >= 0.3 is 5.97 Å². The van der Waals surface area contributed by atoms with Gasteiger partial charge in [-0.15, -0.1) is 12.4 Å². The molecule has 2 aromatic carbocycles. The molecule has 1 aliphatic heterocycles. The van der Waals surface area contributed by atoms with Crippen molar-refractivity contribution in [1.29, 1.82) is 0 Å². The first-order valence-electron chi connectivity index (χ1n) is 9.99. The minimum Gasteiger partial charge on any atom is -1.00 e. The number of benzene rings is 2. The van der Waals surface area contributed by atoms with Gasteiger partial charge in [-0.1, -0.05) is 36.0 Å². The Morgan fingerprint density at radius 2 is 1.58 bits per heavy atom. The van der Waals surface area contributed by atoms with Crippen molar-refractivity contribution in [2.75, 3.05) is 38.8 Å². The topological polar surface area (TPSA) is 55.6 Å². The Bertz CT molecular complexity index is 847. The number of fused-ring (bicyclic) bond motifs is 2. The molecule has 0 aromatic heterocycles. The smallest absolute Gasteiger partial charge is 0.317 e. The van der Waals surface area contributed by atoms with Crippen LogP contribution in [0.3, 0.4) is 0 Å². The van der Waals surface area contributed by atoms with E-state index in [4.69, 9.17) is 10.5 Å². The van der Waals surface area contributed by atoms with Crippen LogP contribution < -0.4 is 23.0 Å². The molecule has 1 atom stereocenters. The summed E-state index contributed by atoms with van der Waals surface area (Å²) in [6.45, 7) is 7.24. The molecular formula is C23H33Cl2N3O2S. The van der Waals surface area contributed by atoms with E-state index in [-0.39, 0.29) is 43.4 Å². The number of esters is 1. The van der Waals surface area contributed by atoms with Crippen molar-refractivity contribution in [2.24, 2.45) is 11.1 Å². The van der Waals surface area contributed by atoms with E-state index >= 15 is 0 Å². The Hall–Kier alpha value is -1.44. The molecule has 0 saturated carbocycles. The van der Waals surface area contributed by atoms with Crippen molar-refractivity contribution < 1.29 is 26.4 Å². The predicted molar refractivity (Wildman–Crippen MR) is 127 cm³/mol. The number of quaternary nitrogens is 1. The average Bonchev–Trinajstić information content (AvgIpc) is 2.71. The van der Waals surface area contributed by atoms with E-state index in [9.17, 15) is 4.79 Å². The molecule has 0 aliphatic carbocycles. The Morgan fingerprint density at radius 1 is 1.10 bits per heavy atom. The standard InChI is InChI=1S/C23H32N3O2S.2ClH/c1-17(26(4,5)16-28-22(27)23(2,3)15-24)14-25-18-10-6-8-12-20(18)29-21-13-9-7-11-19(21)25;;/h6-13,17H,14-16,24H2,1-5H3;2*1H/q+1;;/p-1. The first-order valence-corrected chi connectivity index (χ1v) is 10.8. The number of halogens is 2. The van der Waals surface area contributed by atoms with E-state index in [0.29, 0.717) is 11.2 Å². The second kappa shape index (κ2) is 10.9. The van der Waals surface area contributed by atoms with Gasteiger partial charge in [0.05, 0.1) is 37.4 Å². The van der Waals surface area contributed by atoms with Gasteiger partial charge in [0, 0.05) is 16.3 Å². The molecule has 0 spiro atoms. The fourth-order valence-corrected chi connectivity index (χ4v) is 4.19. The van der Waals surface area contributed by atoms with Crippen molar-refractivity contribution in [1.82, 2.24) is 0 Å². The van der Waals surface area contributed by atoms with Gasteiger partial charge in [-0.3, -0.25) is 9.28 Å². The van der Waals surface area contributed by atoms with Crippen molar-refractivity contribution >= 4 is 41.5 Å². The number of likely N-dealkylation sites (N-methyl/N-ethyl adjacent to an activating group) is 1. The summed E-state index contributed by atoms with van der Waals surface area (Å²) >= 11 is 1.81. The molecule has 5 nitrogen and oxygen atoms in total. The summed E-state index contributed by atoms with van der Waals surface area (Å²) in [6, 6.07) is 17.3. The molecule has 0 bridgehead atoms. The number of nitrogens with two attached hydrogens (primary N) is 1. The molecule has 2 aromatic rings. The highest BCUT2D eigenvalue weighted by Crippen LogP contribution is 2.47. The van der Waals surface area contributed by atoms with E-state index < -0.39 is 5.41 Å². The van der Waals surface area contributed by atoms with Gasteiger partial charge in [-0.25, -0.2) is 0 Å². The predicted octanol–water partition coefficient (Wildman–Crippen LogP) is 1.67. The van der Waals surface area contributed by atoms with Crippen LogP contribution in [0.5, 0.6) is 0 Å². The number of rotatable bonds is 7. The van der Waals surface area contributed by atoms with Gasteiger partial charge in [0.25, 0.3) is 0 Å². The molecule has 8 heteroatoms. The summed E-state index contributed by atoms with van der Waals surface area (Å²) in [4.78, 5) is 17.3. The number of nitrogens with zero attached hydrogens (tertiary/aromatic N) is 2. The average molecular weight is 487 g/mol. The quantitative estimate of drug-likeness (QED) is 0.367. The summed E-state index contributed by atoms with van der Waals surface area (Å²) in [5.41, 5.74) is 7.50. The number of ether oxygens (including phenoxy) is 1. The normalized spacial score (nSPS) is 13.8. The third-order valence-corrected chi connectivity index (χ3v) is 6.89. The largest absolute Gasteiger partial charge is 1.00 e. The number of para-hydroxylation sites is 2. The van der Waals surface area contributed by atoms with Gasteiger partial charge in [-0.05, 0) is 45.0 Å². The maximum Gasteiger partial charge on any atom is 0.317 e. The van der Waals surface area contributed by atoms with Crippen molar-refractivity contribution in [3.05, 3.63) is 48.5 Å². The maximum absolute atomic E-state index is 12.4. The van der Waals surface area contributed by atoms with Crippen LogP contribution in [0.1, 0.15) is 20.8 Å². The fourth-order valence-electron chi connectivity index (χ4n) is 3.09. The summed E-state index contributed by atoms with van der Waals surface area (Å²) in [7, 11) is 4.20. The lowest BCUT2D eigenvalue weighted by Crippen LogP contribution is -3.00. The van der Waals surface area contributed by atoms with Gasteiger partial charge in [0.15, 0.2) is 0 Å². The molecule has 0 fully saturated rings. The summed E-state index contributed by atoms with van der Waals surface area (Å²) < 4.78 is 6.21. The zero-order valence-corrected chi connectivity index (χ0v) is 21.2. The minimum atomic E-state index is -0.661. The molecule has 2 N–H and O–H groups in total. The van der Waals surface area contributed by atoms with E-state index in [2.05, 4.69) is 74.4 Å². The zero-order chi connectivity index (χ0) is 21.2. The maximum atomic E-state index is 12.4. The number of carbonyl (C=O) groups excluding carboxylic acids is 1. The molecule has 1 heterocycles. The van der Waals surface area contributed by atoms with E-state index in [1.54, 1.807) is 0 Å². The number of hydrogen-bond donors (Lipinski definition) is 1. The highest BCUT2D eigenvalue weighted by molar-refractivity contribution is 7.99. The Kier molecular flexibility index (Phi) is 9.72. The van der Waals surface area contributed by atoms with Crippen LogP contribution in [-0.4, -0.2) is 50.4 Å². The zero-order valence-electron chi connectivity index (χ0n) is 18.8. The lowest BCUT2D eigenvalue weighted by Gasteiger charge is -2.40. The van der Waals surface area contributed by atoms with Crippen LogP contribution in [0, 0.1) is 5.41 Å². The monoisotopic (exact) mass is 485 g/mol. The Balaban J connectivity index is 0.00000240. The van der Waals surface area contributed by atoms with Crippen LogP contribution in [0.15, 0.2) is 58.3 Å². The van der Waals surface area contributed by atoms with E-state index in [1.165, 1.54) is 21.2 Å². The van der Waals surface area contributed by atoms with Gasteiger partial charge in [0.1, 0.15) is 6.04 Å². The molecule has 172 valence electrons. The molecule has 31 heavy (non-hydrogen) atoms. The highest BCUT2D eigenvalue weighted by Gasteiger charge is 2.34. The van der Waals surface area contributed by atoms with Crippen molar-refractivity contribution in [3.8, 4) is 0 Å². The SMILES string of the molecule is CC(CN1c2ccccc2Sc2ccccc21)[N+](C)(C)COC(=O)C(C)(C)CN.Cl.[Cl-]. The third-order valence-electron chi connectivity index (χ3n) is 5.76. The van der Waals surface area contributed by atoms with Gasteiger partial charge in [0.2, 0.25) is 6.73 Å². The second-order valence-corrected chi connectivity index (χ2v) is 10.0. The molecule has 0 radical (unpaired) electrons. The van der Waals surface area contributed by atoms with E-state index in [0.717, 1.165) is 6.54 Å². The lowest BCUT2D eigenvalue weighted by atomic mass is 9.94. The van der Waals surface area contributed by atoms with Crippen LogP contribution in [-0.2, 0) is 9.53 Å². The van der Waals surface area contributed by atoms with Gasteiger partial charge in [-0.2, -0.15) is 0 Å². The molecule has 0 saturated heterocycles. The molecule has 3 rings (SSSR count). The molecule has 0 amide bonds. The number of anilines is 2. The van der Waals surface area contributed by atoms with Crippen molar-refractivity contribution in [2.45, 2.75) is 36.6 Å². The first-order chi connectivity index (χ1) is 13.7. The molecule has 1 unspecified atom stereocenters.